The number of likely N-dealkylation sites (N-methyl/N-ethyl adjacent to an activating group) is 1. The Bertz CT molecular complexity index is 295. The van der Waals surface area contributed by atoms with Crippen LogP contribution in [0.4, 0.5) is 4.39 Å². The molecule has 0 radical (unpaired) electrons. The smallest absolute Gasteiger partial charge is 0.133 e. The fraction of sp³-hybridized carbons (Fsp3) is 0.364. The first-order chi connectivity index (χ1) is 7.61. The minimum Gasteiger partial charge on any atom is -0.400 e. The first kappa shape index (κ1) is 17.6. The maximum atomic E-state index is 12.3. The Morgan fingerprint density at radius 3 is 2.31 bits per heavy atom. The van der Waals surface area contributed by atoms with Crippen LogP contribution in [-0.2, 0) is 4.79 Å². The van der Waals surface area contributed by atoms with E-state index in [9.17, 15) is 9.18 Å². The molecule has 0 aliphatic rings. The van der Waals surface area contributed by atoms with E-state index in [1.165, 1.54) is 12.1 Å². The van der Waals surface area contributed by atoms with Crippen molar-refractivity contribution in [2.75, 3.05) is 20.7 Å². The molecule has 5 heteroatoms. The quantitative estimate of drug-likeness (QED) is 0.819. The second-order valence-electron chi connectivity index (χ2n) is 2.62. The Kier molecular flexibility index (Phi) is 13.5. The number of aldehydes is 1. The SMILES string of the molecule is CNCC=O.CO.Cc1cc(F)ccc1Br. The highest BCUT2D eigenvalue weighted by Crippen LogP contribution is 2.15. The van der Waals surface area contributed by atoms with Crippen molar-refractivity contribution in [1.29, 1.82) is 0 Å². The van der Waals surface area contributed by atoms with Crippen molar-refractivity contribution in [1.82, 2.24) is 5.32 Å². The van der Waals surface area contributed by atoms with E-state index in [1.54, 1.807) is 13.1 Å². The number of halogens is 2. The third kappa shape index (κ3) is 9.76. The molecule has 0 aromatic heterocycles. The average Bonchev–Trinajstić information content (AvgIpc) is 2.29. The molecule has 0 bridgehead atoms. The van der Waals surface area contributed by atoms with E-state index in [4.69, 9.17) is 5.11 Å². The maximum Gasteiger partial charge on any atom is 0.133 e. The number of carbonyl (C=O) groups is 1. The van der Waals surface area contributed by atoms with Gasteiger partial charge in [-0.3, -0.25) is 0 Å². The molecule has 16 heavy (non-hydrogen) atoms. The van der Waals surface area contributed by atoms with E-state index in [0.717, 1.165) is 23.4 Å². The van der Waals surface area contributed by atoms with Gasteiger partial charge < -0.3 is 15.2 Å². The van der Waals surface area contributed by atoms with Gasteiger partial charge in [0.15, 0.2) is 0 Å². The zero-order valence-electron chi connectivity index (χ0n) is 9.63. The number of nitrogens with one attached hydrogen (secondary N) is 1. The molecule has 0 amide bonds. The number of aryl methyl sites for hydroxylation is 1. The van der Waals surface area contributed by atoms with Crippen LogP contribution in [0.2, 0.25) is 0 Å². The molecule has 0 unspecified atom stereocenters. The van der Waals surface area contributed by atoms with Crippen LogP contribution in [0.5, 0.6) is 0 Å². The molecule has 0 fully saturated rings. The second kappa shape index (κ2) is 12.3. The number of carbonyl (C=O) groups excluding carboxylic acids is 1. The molecule has 1 aromatic rings. The molecular weight excluding hydrogens is 277 g/mol. The highest BCUT2D eigenvalue weighted by Gasteiger charge is 1.93. The molecule has 0 heterocycles. The standard InChI is InChI=1S/C7H6BrF.C3H7NO.CH4O/c1-5-4-6(9)2-3-7(5)8;1-4-2-3-5;1-2/h2-4H,1H3;3-4H,2H2,1H3;2H,1H3. The van der Waals surface area contributed by atoms with Gasteiger partial charge in [0.2, 0.25) is 0 Å². The average molecular weight is 294 g/mol. The Balaban J connectivity index is 0. The number of aliphatic hydroxyl groups excluding tert-OH is 1. The lowest BCUT2D eigenvalue weighted by Gasteiger charge is -1.94. The van der Waals surface area contributed by atoms with Gasteiger partial charge >= 0.3 is 0 Å². The Hall–Kier alpha value is -0.780. The van der Waals surface area contributed by atoms with Crippen LogP contribution in [0.1, 0.15) is 5.56 Å². The van der Waals surface area contributed by atoms with Gasteiger partial charge in [-0.05, 0) is 37.7 Å². The fourth-order valence-corrected chi connectivity index (χ4v) is 0.938. The van der Waals surface area contributed by atoms with Crippen LogP contribution in [0.25, 0.3) is 0 Å². The van der Waals surface area contributed by atoms with E-state index in [-0.39, 0.29) is 5.82 Å². The Morgan fingerprint density at radius 2 is 2.06 bits per heavy atom. The third-order valence-electron chi connectivity index (χ3n) is 1.41. The van der Waals surface area contributed by atoms with Gasteiger partial charge in [0.05, 0.1) is 6.54 Å². The summed E-state index contributed by atoms with van der Waals surface area (Å²) in [6.45, 7) is 2.31. The molecule has 92 valence electrons. The maximum absolute atomic E-state index is 12.3. The van der Waals surface area contributed by atoms with Crippen LogP contribution < -0.4 is 5.32 Å². The molecule has 1 rings (SSSR count). The number of hydrogen-bond donors (Lipinski definition) is 2. The highest BCUT2D eigenvalue weighted by atomic mass is 79.9. The predicted octanol–water partition coefficient (Wildman–Crippen LogP) is 1.91. The summed E-state index contributed by atoms with van der Waals surface area (Å²) in [7, 11) is 2.73. The number of rotatable bonds is 2. The summed E-state index contributed by atoms with van der Waals surface area (Å²) in [5.41, 5.74) is 0.926. The van der Waals surface area contributed by atoms with Gasteiger partial charge in [0, 0.05) is 11.6 Å². The number of aliphatic hydroxyl groups is 1. The lowest BCUT2D eigenvalue weighted by Crippen LogP contribution is -2.07. The molecule has 0 atom stereocenters. The van der Waals surface area contributed by atoms with Gasteiger partial charge in [-0.25, -0.2) is 4.39 Å². The lowest BCUT2D eigenvalue weighted by molar-refractivity contribution is -0.107. The molecule has 0 saturated carbocycles. The first-order valence-electron chi connectivity index (χ1n) is 4.56. The summed E-state index contributed by atoms with van der Waals surface area (Å²) in [5, 5.41) is 9.65. The van der Waals surface area contributed by atoms with Crippen molar-refractivity contribution in [3.05, 3.63) is 34.1 Å². The minimum atomic E-state index is -0.185. The van der Waals surface area contributed by atoms with Gasteiger partial charge in [-0.1, -0.05) is 15.9 Å². The van der Waals surface area contributed by atoms with E-state index >= 15 is 0 Å². The van der Waals surface area contributed by atoms with Crippen molar-refractivity contribution in [2.24, 2.45) is 0 Å². The molecule has 0 saturated heterocycles. The number of hydrogen-bond acceptors (Lipinski definition) is 3. The summed E-state index contributed by atoms with van der Waals surface area (Å²) in [6, 6.07) is 4.62. The fourth-order valence-electron chi connectivity index (χ4n) is 0.691. The van der Waals surface area contributed by atoms with Gasteiger partial charge in [-0.15, -0.1) is 0 Å². The topological polar surface area (TPSA) is 49.3 Å². The third-order valence-corrected chi connectivity index (χ3v) is 2.30. The molecular formula is C11H17BrFNO2. The van der Waals surface area contributed by atoms with Crippen LogP contribution in [-0.4, -0.2) is 32.1 Å². The van der Waals surface area contributed by atoms with Crippen molar-refractivity contribution in [2.45, 2.75) is 6.92 Å². The monoisotopic (exact) mass is 293 g/mol. The second-order valence-corrected chi connectivity index (χ2v) is 3.47. The van der Waals surface area contributed by atoms with E-state index in [1.807, 2.05) is 6.92 Å². The molecule has 0 aliphatic carbocycles. The van der Waals surface area contributed by atoms with Crippen LogP contribution >= 0.6 is 15.9 Å². The first-order valence-corrected chi connectivity index (χ1v) is 5.35. The van der Waals surface area contributed by atoms with E-state index < -0.39 is 0 Å². The molecule has 2 N–H and O–H groups in total. The molecule has 3 nitrogen and oxygen atoms in total. The minimum absolute atomic E-state index is 0.185. The lowest BCUT2D eigenvalue weighted by atomic mass is 10.2. The zero-order valence-corrected chi connectivity index (χ0v) is 11.2. The van der Waals surface area contributed by atoms with Crippen molar-refractivity contribution >= 4 is 22.2 Å². The summed E-state index contributed by atoms with van der Waals surface area (Å²) in [6.07, 6.45) is 0.819. The van der Waals surface area contributed by atoms with Gasteiger partial charge in [0.1, 0.15) is 12.1 Å². The Labute approximate surface area is 104 Å². The van der Waals surface area contributed by atoms with Crippen LogP contribution in [0.3, 0.4) is 0 Å². The van der Waals surface area contributed by atoms with Crippen molar-refractivity contribution in [3.63, 3.8) is 0 Å². The molecule has 0 aliphatic heterocycles. The van der Waals surface area contributed by atoms with Gasteiger partial charge in [-0.2, -0.15) is 0 Å². The molecule has 1 aromatic carbocycles. The highest BCUT2D eigenvalue weighted by molar-refractivity contribution is 9.10. The number of benzene rings is 1. The Morgan fingerprint density at radius 1 is 1.50 bits per heavy atom. The van der Waals surface area contributed by atoms with E-state index in [2.05, 4.69) is 21.2 Å². The summed E-state index contributed by atoms with van der Waals surface area (Å²) >= 11 is 3.26. The summed E-state index contributed by atoms with van der Waals surface area (Å²) < 4.78 is 13.3. The largest absolute Gasteiger partial charge is 0.400 e. The zero-order chi connectivity index (χ0) is 13.0. The van der Waals surface area contributed by atoms with E-state index in [0.29, 0.717) is 6.54 Å². The summed E-state index contributed by atoms with van der Waals surface area (Å²) in [4.78, 5) is 9.34. The predicted molar refractivity (Wildman–Crippen MR) is 67.0 cm³/mol. The van der Waals surface area contributed by atoms with Crippen LogP contribution in [0.15, 0.2) is 22.7 Å². The summed E-state index contributed by atoms with van der Waals surface area (Å²) in [5.74, 6) is -0.185. The normalized spacial score (nSPS) is 8.12. The van der Waals surface area contributed by atoms with Crippen molar-refractivity contribution < 1.29 is 14.3 Å². The van der Waals surface area contributed by atoms with Crippen molar-refractivity contribution in [3.8, 4) is 0 Å². The molecule has 0 spiro atoms. The van der Waals surface area contributed by atoms with Gasteiger partial charge in [0.25, 0.3) is 0 Å². The van der Waals surface area contributed by atoms with Crippen LogP contribution in [0, 0.1) is 12.7 Å².